The van der Waals surface area contributed by atoms with Gasteiger partial charge in [-0.3, -0.25) is 14.0 Å². The minimum atomic E-state index is -0.193. The summed E-state index contributed by atoms with van der Waals surface area (Å²) >= 11 is 0. The molecule has 0 aliphatic carbocycles. The number of aromatic nitrogens is 3. The van der Waals surface area contributed by atoms with Crippen LogP contribution in [0.25, 0.3) is 5.65 Å². The van der Waals surface area contributed by atoms with E-state index in [0.29, 0.717) is 26.1 Å². The molecule has 0 radical (unpaired) electrons. The lowest BCUT2D eigenvalue weighted by atomic mass is 9.95. The normalized spacial score (nSPS) is 24.3. The Morgan fingerprint density at radius 1 is 1.28 bits per heavy atom. The molecule has 4 heterocycles. The number of amides is 2. The molecule has 7 nitrogen and oxygen atoms in total. The lowest BCUT2D eigenvalue weighted by molar-refractivity contribution is -0.137. The van der Waals surface area contributed by atoms with E-state index >= 15 is 0 Å². The van der Waals surface area contributed by atoms with Crippen molar-refractivity contribution in [2.24, 2.45) is 5.92 Å². The summed E-state index contributed by atoms with van der Waals surface area (Å²) in [6.45, 7) is 4.62. The maximum absolute atomic E-state index is 12.9. The van der Waals surface area contributed by atoms with Crippen molar-refractivity contribution in [3.8, 4) is 0 Å². The first kappa shape index (κ1) is 16.1. The SMILES string of the molecule is CCN1C[C@@H](C(=O)N2CCC[C@H](c3nnc4ccccn34)C2)CC1=O. The summed E-state index contributed by atoms with van der Waals surface area (Å²) in [5, 5.41) is 8.59. The number of hydrogen-bond donors (Lipinski definition) is 0. The van der Waals surface area contributed by atoms with Crippen molar-refractivity contribution in [3.05, 3.63) is 30.2 Å². The van der Waals surface area contributed by atoms with Gasteiger partial charge in [-0.25, -0.2) is 0 Å². The van der Waals surface area contributed by atoms with Gasteiger partial charge in [-0.1, -0.05) is 6.07 Å². The maximum atomic E-state index is 12.9. The first-order valence-electron chi connectivity index (χ1n) is 9.03. The van der Waals surface area contributed by atoms with Crippen LogP contribution in [-0.4, -0.2) is 62.4 Å². The van der Waals surface area contributed by atoms with Crippen LogP contribution in [0.2, 0.25) is 0 Å². The van der Waals surface area contributed by atoms with Crippen LogP contribution in [0.4, 0.5) is 0 Å². The van der Waals surface area contributed by atoms with E-state index in [-0.39, 0.29) is 23.7 Å². The third-order valence-electron chi connectivity index (χ3n) is 5.38. The molecule has 2 saturated heterocycles. The van der Waals surface area contributed by atoms with Crippen LogP contribution in [0, 0.1) is 5.92 Å². The Bertz CT molecular complexity index is 802. The molecule has 2 aliphatic rings. The summed E-state index contributed by atoms with van der Waals surface area (Å²) in [7, 11) is 0. The van der Waals surface area contributed by atoms with Crippen molar-refractivity contribution in [1.82, 2.24) is 24.4 Å². The third-order valence-corrected chi connectivity index (χ3v) is 5.38. The second-order valence-corrected chi connectivity index (χ2v) is 6.94. The highest BCUT2D eigenvalue weighted by atomic mass is 16.2. The average Bonchev–Trinajstić information content (AvgIpc) is 3.24. The van der Waals surface area contributed by atoms with Crippen LogP contribution in [0.3, 0.4) is 0 Å². The van der Waals surface area contributed by atoms with Crippen LogP contribution in [0.5, 0.6) is 0 Å². The number of carbonyl (C=O) groups is 2. The topological polar surface area (TPSA) is 70.8 Å². The zero-order chi connectivity index (χ0) is 17.4. The van der Waals surface area contributed by atoms with E-state index in [1.54, 1.807) is 4.90 Å². The number of carbonyl (C=O) groups excluding carboxylic acids is 2. The van der Waals surface area contributed by atoms with Crippen molar-refractivity contribution >= 4 is 17.5 Å². The van der Waals surface area contributed by atoms with Crippen LogP contribution < -0.4 is 0 Å². The molecule has 2 atom stereocenters. The smallest absolute Gasteiger partial charge is 0.228 e. The van der Waals surface area contributed by atoms with E-state index < -0.39 is 0 Å². The molecule has 0 N–H and O–H groups in total. The highest BCUT2D eigenvalue weighted by molar-refractivity contribution is 5.89. The largest absolute Gasteiger partial charge is 0.342 e. The molecule has 0 bridgehead atoms. The molecule has 2 aromatic heterocycles. The zero-order valence-corrected chi connectivity index (χ0v) is 14.5. The predicted octanol–water partition coefficient (Wildman–Crippen LogP) is 1.30. The van der Waals surface area contributed by atoms with E-state index in [9.17, 15) is 9.59 Å². The Balaban J connectivity index is 1.49. The van der Waals surface area contributed by atoms with Gasteiger partial charge in [0.25, 0.3) is 0 Å². The Kier molecular flexibility index (Phi) is 4.15. The van der Waals surface area contributed by atoms with E-state index in [4.69, 9.17) is 0 Å². The molecule has 2 aromatic rings. The van der Waals surface area contributed by atoms with Crippen molar-refractivity contribution in [2.45, 2.75) is 32.1 Å². The van der Waals surface area contributed by atoms with Gasteiger partial charge in [0.1, 0.15) is 5.82 Å². The number of rotatable bonds is 3. The first-order chi connectivity index (χ1) is 12.2. The van der Waals surface area contributed by atoms with E-state index in [0.717, 1.165) is 30.9 Å². The van der Waals surface area contributed by atoms with Crippen LogP contribution >= 0.6 is 0 Å². The van der Waals surface area contributed by atoms with Crippen LogP contribution in [0.15, 0.2) is 24.4 Å². The molecule has 4 rings (SSSR count). The highest BCUT2D eigenvalue weighted by Crippen LogP contribution is 2.28. The lowest BCUT2D eigenvalue weighted by Crippen LogP contribution is -2.43. The average molecular weight is 341 g/mol. The molecule has 7 heteroatoms. The number of nitrogens with zero attached hydrogens (tertiary/aromatic N) is 5. The summed E-state index contributed by atoms with van der Waals surface area (Å²) in [4.78, 5) is 28.5. The monoisotopic (exact) mass is 341 g/mol. The summed E-state index contributed by atoms with van der Waals surface area (Å²) in [5.41, 5.74) is 0.834. The Morgan fingerprint density at radius 2 is 2.16 bits per heavy atom. The Labute approximate surface area is 146 Å². The van der Waals surface area contributed by atoms with Gasteiger partial charge in [0, 0.05) is 44.7 Å². The highest BCUT2D eigenvalue weighted by Gasteiger charge is 2.37. The molecule has 2 fully saturated rings. The first-order valence-corrected chi connectivity index (χ1v) is 9.03. The fourth-order valence-corrected chi connectivity index (χ4v) is 4.03. The molecule has 0 unspecified atom stereocenters. The standard InChI is InChI=1S/C18H23N5O2/c1-2-21-12-14(10-16(21)24)18(25)22-8-5-6-13(11-22)17-20-19-15-7-3-4-9-23(15)17/h3-4,7,9,13-14H,2,5-6,8,10-12H2,1H3/t13-,14-/m0/s1. The molecule has 2 amide bonds. The molecule has 2 aliphatic heterocycles. The van der Waals surface area contributed by atoms with Gasteiger partial charge in [0.15, 0.2) is 5.65 Å². The molecular formula is C18H23N5O2. The molecule has 0 saturated carbocycles. The minimum absolute atomic E-state index is 0.0952. The number of hydrogen-bond acceptors (Lipinski definition) is 4. The van der Waals surface area contributed by atoms with Gasteiger partial charge in [0.05, 0.1) is 5.92 Å². The quantitative estimate of drug-likeness (QED) is 0.844. The maximum Gasteiger partial charge on any atom is 0.228 e. The van der Waals surface area contributed by atoms with Crippen molar-refractivity contribution < 1.29 is 9.59 Å². The van der Waals surface area contributed by atoms with Gasteiger partial charge in [-0.05, 0) is 31.9 Å². The number of likely N-dealkylation sites (tertiary alicyclic amines) is 2. The van der Waals surface area contributed by atoms with Gasteiger partial charge in [-0.2, -0.15) is 0 Å². The van der Waals surface area contributed by atoms with Crippen molar-refractivity contribution in [1.29, 1.82) is 0 Å². The fourth-order valence-electron chi connectivity index (χ4n) is 4.03. The number of pyridine rings is 1. The summed E-state index contributed by atoms with van der Waals surface area (Å²) in [5.74, 6) is 1.13. The Morgan fingerprint density at radius 3 is 2.96 bits per heavy atom. The fraction of sp³-hybridized carbons (Fsp3) is 0.556. The third kappa shape index (κ3) is 2.88. The van der Waals surface area contributed by atoms with Crippen molar-refractivity contribution in [2.75, 3.05) is 26.2 Å². The Hall–Kier alpha value is -2.44. The molecule has 25 heavy (non-hydrogen) atoms. The van der Waals surface area contributed by atoms with Gasteiger partial charge in [0.2, 0.25) is 11.8 Å². The second kappa shape index (κ2) is 6.46. The zero-order valence-electron chi connectivity index (χ0n) is 14.5. The van der Waals surface area contributed by atoms with E-state index in [1.165, 1.54) is 0 Å². The van der Waals surface area contributed by atoms with Gasteiger partial charge < -0.3 is 9.80 Å². The van der Waals surface area contributed by atoms with E-state index in [1.807, 2.05) is 40.6 Å². The second-order valence-electron chi connectivity index (χ2n) is 6.94. The van der Waals surface area contributed by atoms with Crippen LogP contribution in [0.1, 0.15) is 37.9 Å². The van der Waals surface area contributed by atoms with Crippen LogP contribution in [-0.2, 0) is 9.59 Å². The summed E-state index contributed by atoms with van der Waals surface area (Å²) < 4.78 is 2.01. The number of piperidine rings is 1. The summed E-state index contributed by atoms with van der Waals surface area (Å²) in [6, 6.07) is 5.85. The van der Waals surface area contributed by atoms with Crippen molar-refractivity contribution in [3.63, 3.8) is 0 Å². The van der Waals surface area contributed by atoms with Gasteiger partial charge >= 0.3 is 0 Å². The summed E-state index contributed by atoms with van der Waals surface area (Å²) in [6.07, 6.45) is 4.28. The minimum Gasteiger partial charge on any atom is -0.342 e. The molecule has 132 valence electrons. The molecular weight excluding hydrogens is 318 g/mol. The predicted molar refractivity (Wildman–Crippen MR) is 91.9 cm³/mol. The van der Waals surface area contributed by atoms with E-state index in [2.05, 4.69) is 10.2 Å². The number of fused-ring (bicyclic) bond motifs is 1. The lowest BCUT2D eigenvalue weighted by Gasteiger charge is -2.33. The molecule has 0 spiro atoms. The molecule has 0 aromatic carbocycles. The van der Waals surface area contributed by atoms with Gasteiger partial charge in [-0.15, -0.1) is 10.2 Å².